The Morgan fingerprint density at radius 1 is 0.529 bits per heavy atom. The standard InChI is InChI=1S/C20H26I.2C14H20F2O3.C14H21S.C4H8S.2CH4.I6/c1-19(2,3)15-7-11-17(12-8-15)21-18-13-9-16(10-14-18)20(4,5)6;2*1-12(15,16)11(17)19-8-13-3-9-2-10(4-13)6-14(18,5-9)7-13;1-14(2,3)12-6-8-13(9-7-12)15-10-4-5-11-15;1-2-4-5-3-1;;;1-5(2)6(3)4/h7-14H,1-6H3;2*9-10,18H,2-8H2,1H3;6-9H,4-5,10-11H2,1-3H3;1-4H2;2*1H4;/q-1;;;+1;;;;. The molecule has 2 heterocycles. The molecule has 0 amide bonds. The van der Waals surface area contributed by atoms with E-state index in [9.17, 15) is 37.4 Å². The van der Waals surface area contributed by atoms with E-state index in [0.717, 1.165) is 64.2 Å². The normalized spacial score (nSPS) is 28.0. The minimum atomic E-state index is -3.43. The zero-order valence-corrected chi connectivity index (χ0v) is 68.5. The van der Waals surface area contributed by atoms with Crippen LogP contribution in [0.4, 0.5) is 17.6 Å². The third-order valence-corrected chi connectivity index (χ3v) is 189. The molecule has 8 bridgehead atoms. The SMILES string of the molecule is C.C.C1CCSC1.CC(C)(C)c1ccc([I-]c2ccc(C(C)(C)C)cc2)cc1.CC(C)(C)c1ccc([S+]2CCCC2)cc1.CC(F)(F)C(=O)OCC12CC3CC(CC(O)(C3)C1)C2.CC(F)(F)C(=O)OCC12CC3CC(CC(O)(C3)C1)C2.II(I)I(I)I. The number of carbonyl (C=O) groups excluding carboxylic acids is 2. The van der Waals surface area contributed by atoms with Gasteiger partial charge in [0, 0.05) is 35.6 Å². The number of ether oxygens (including phenoxy) is 2. The van der Waals surface area contributed by atoms with Crippen molar-refractivity contribution < 1.29 is 68.0 Å². The number of aliphatic hydroxyl groups is 2. The number of alkyl halides is 4. The molecule has 0 spiro atoms. The van der Waals surface area contributed by atoms with Gasteiger partial charge in [0.05, 0.1) is 24.4 Å². The minimum absolute atomic E-state index is 0. The van der Waals surface area contributed by atoms with Gasteiger partial charge in [0.1, 0.15) is 11.5 Å². The Morgan fingerprint density at radius 2 is 0.828 bits per heavy atom. The number of hydrogen-bond donors (Lipinski definition) is 2. The van der Waals surface area contributed by atoms with Crippen molar-refractivity contribution in [3.63, 3.8) is 0 Å². The molecule has 10 fully saturated rings. The first-order valence-electron chi connectivity index (χ1n) is 30.1. The molecule has 10 aliphatic rings. The average Bonchev–Trinajstić information content (AvgIpc) is 0.910. The fourth-order valence-corrected chi connectivity index (χ4v) is 20.0. The molecule has 3 aromatic rings. The Morgan fingerprint density at radius 3 is 1.07 bits per heavy atom. The molecule has 500 valence electrons. The van der Waals surface area contributed by atoms with Crippen LogP contribution in [0, 0.1) is 41.6 Å². The average molecular weight is 2050 g/mol. The Balaban J connectivity index is 0.000000233. The summed E-state index contributed by atoms with van der Waals surface area (Å²) in [6.45, 7) is 21.6. The van der Waals surface area contributed by atoms with Crippen LogP contribution in [0.25, 0.3) is 0 Å². The van der Waals surface area contributed by atoms with Gasteiger partial charge >= 0.3 is 254 Å². The predicted octanol–water partition coefficient (Wildman–Crippen LogP) is 19.3. The number of halogens is 11. The van der Waals surface area contributed by atoms with Gasteiger partial charge in [-0.25, -0.2) is 9.59 Å². The Kier molecular flexibility index (Phi) is 32.3. The first kappa shape index (κ1) is 81.5. The van der Waals surface area contributed by atoms with Gasteiger partial charge in [-0.2, -0.15) is 29.3 Å². The van der Waals surface area contributed by atoms with Crippen molar-refractivity contribution in [2.75, 3.05) is 36.2 Å². The zero-order valence-electron chi connectivity index (χ0n) is 51.8. The molecular weight excluding hydrogens is 1940 g/mol. The second-order valence-electron chi connectivity index (χ2n) is 28.9. The summed E-state index contributed by atoms with van der Waals surface area (Å²) in [7, 11) is -0.0539. The fourth-order valence-electron chi connectivity index (χ4n) is 14.5. The second kappa shape index (κ2) is 34.5. The molecule has 87 heavy (non-hydrogen) atoms. The van der Waals surface area contributed by atoms with Crippen LogP contribution in [0.3, 0.4) is 0 Å². The van der Waals surface area contributed by atoms with Crippen molar-refractivity contribution in [3.8, 4) is 0 Å². The molecule has 4 unspecified atom stereocenters. The van der Waals surface area contributed by atoms with E-state index in [1.54, 1.807) is 4.90 Å². The molecule has 2 aliphatic heterocycles. The molecule has 13 rings (SSSR count). The molecule has 4 atom stereocenters. The van der Waals surface area contributed by atoms with Crippen molar-refractivity contribution in [1.29, 1.82) is 0 Å². The number of benzene rings is 3. The van der Waals surface area contributed by atoms with E-state index in [1.165, 1.54) is 72.5 Å². The van der Waals surface area contributed by atoms with Gasteiger partial charge in [0.25, 0.3) is 0 Å². The monoisotopic (exact) mass is 2040 g/mol. The molecule has 3 aromatic carbocycles. The molecule has 0 radical (unpaired) electrons. The van der Waals surface area contributed by atoms with Crippen molar-refractivity contribution >= 4 is 125 Å². The van der Waals surface area contributed by atoms with E-state index in [-0.39, 0.29) is 92.1 Å². The molecule has 6 nitrogen and oxygen atoms in total. The topological polar surface area (TPSA) is 93.1 Å². The summed E-state index contributed by atoms with van der Waals surface area (Å²) in [6, 6.07) is 27.8. The molecular formula is C68H103F4I7O6S2. The Labute approximate surface area is 589 Å². The molecule has 2 N–H and O–H groups in total. The Bertz CT molecular complexity index is 2420. The van der Waals surface area contributed by atoms with Crippen molar-refractivity contribution in [2.24, 2.45) is 34.5 Å². The summed E-state index contributed by atoms with van der Waals surface area (Å²) >= 11 is 12.5. The third-order valence-electron chi connectivity index (χ3n) is 17.7. The molecule has 19 heteroatoms. The van der Waals surface area contributed by atoms with Gasteiger partial charge in [0.2, 0.25) is 0 Å². The summed E-state index contributed by atoms with van der Waals surface area (Å²) in [5.41, 5.74) is 3.23. The predicted molar refractivity (Wildman–Crippen MR) is 409 cm³/mol. The van der Waals surface area contributed by atoms with E-state index in [4.69, 9.17) is 9.47 Å². The summed E-state index contributed by atoms with van der Waals surface area (Å²) < 4.78 is 64.0. The molecule has 2 saturated heterocycles. The van der Waals surface area contributed by atoms with E-state index >= 15 is 0 Å². The van der Waals surface area contributed by atoms with Crippen LogP contribution in [0.5, 0.6) is 0 Å². The van der Waals surface area contributed by atoms with Crippen LogP contribution in [-0.4, -0.2) is 81.4 Å². The first-order chi connectivity index (χ1) is 39.3. The van der Waals surface area contributed by atoms with Crippen LogP contribution >= 0.6 is 102 Å². The summed E-state index contributed by atoms with van der Waals surface area (Å²) in [6.07, 6.45) is 16.1. The van der Waals surface area contributed by atoms with Crippen LogP contribution in [0.2, 0.25) is 0 Å². The zero-order chi connectivity index (χ0) is 63.0. The molecule has 8 aliphatic carbocycles. The summed E-state index contributed by atoms with van der Waals surface area (Å²) in [5.74, 6) is -2.22. The van der Waals surface area contributed by atoms with Crippen LogP contribution in [0.1, 0.15) is 210 Å². The first-order valence-corrected chi connectivity index (χ1v) is 66.4. The Hall–Kier alpha value is 2.05. The van der Waals surface area contributed by atoms with Gasteiger partial charge < -0.3 is 19.7 Å². The number of hydrogen-bond acceptors (Lipinski definition) is 7. The van der Waals surface area contributed by atoms with E-state index < -0.39 is 35.0 Å². The second-order valence-corrected chi connectivity index (χ2v) is 133. The third kappa shape index (κ3) is 26.1. The maximum atomic E-state index is 12.8. The van der Waals surface area contributed by atoms with Crippen molar-refractivity contribution in [2.45, 2.75) is 238 Å². The van der Waals surface area contributed by atoms with Gasteiger partial charge in [-0.05, 0) is 161 Å². The van der Waals surface area contributed by atoms with Crippen molar-refractivity contribution in [3.05, 3.63) is 96.6 Å². The van der Waals surface area contributed by atoms with E-state index in [0.29, 0.717) is 61.3 Å². The summed E-state index contributed by atoms with van der Waals surface area (Å²) in [5, 5.41) is 21.0. The number of esters is 2. The van der Waals surface area contributed by atoms with Crippen LogP contribution in [0.15, 0.2) is 77.7 Å². The fraction of sp³-hybridized carbons (Fsp3) is 0.706. The van der Waals surface area contributed by atoms with Gasteiger partial charge in [-0.15, -0.1) is 0 Å². The van der Waals surface area contributed by atoms with Gasteiger partial charge in [-0.1, -0.05) is 47.8 Å². The number of thioether (sulfide) groups is 1. The van der Waals surface area contributed by atoms with Crippen LogP contribution in [-0.2, 0) is 46.2 Å². The number of rotatable bonds is 10. The number of carbonyl (C=O) groups is 2. The van der Waals surface area contributed by atoms with Gasteiger partial charge in [-0.3, -0.25) is 0 Å². The van der Waals surface area contributed by atoms with Crippen molar-refractivity contribution in [1.82, 2.24) is 0 Å². The summed E-state index contributed by atoms with van der Waals surface area (Å²) in [4.78, 5) is 24.0. The quantitative estimate of drug-likeness (QED) is 0.0904. The van der Waals surface area contributed by atoms with E-state index in [2.05, 4.69) is 221 Å². The molecule has 0 aromatic heterocycles. The van der Waals surface area contributed by atoms with Crippen LogP contribution < -0.4 is 21.2 Å². The molecule has 8 saturated carbocycles. The van der Waals surface area contributed by atoms with Gasteiger partial charge in [0.15, 0.2) is 4.90 Å². The van der Waals surface area contributed by atoms with E-state index in [1.807, 2.05) is 0 Å². The maximum absolute atomic E-state index is 12.8.